The molecule has 1 amide bonds. The first-order valence-corrected chi connectivity index (χ1v) is 9.05. The monoisotopic (exact) mass is 327 g/mol. The van der Waals surface area contributed by atoms with Crippen molar-refractivity contribution in [1.29, 1.82) is 5.26 Å². The van der Waals surface area contributed by atoms with Crippen molar-refractivity contribution in [3.8, 4) is 6.07 Å². The maximum absolute atomic E-state index is 12.8. The molecule has 1 fully saturated rings. The second kappa shape index (κ2) is 8.19. The van der Waals surface area contributed by atoms with Gasteiger partial charge in [0.05, 0.1) is 0 Å². The number of rotatable bonds is 4. The molecule has 4 heteroatoms. The van der Waals surface area contributed by atoms with Crippen molar-refractivity contribution in [2.24, 2.45) is 5.92 Å². The fourth-order valence-electron chi connectivity index (χ4n) is 3.48. The van der Waals surface area contributed by atoms with Gasteiger partial charge in [-0.05, 0) is 63.2 Å². The summed E-state index contributed by atoms with van der Waals surface area (Å²) in [5.41, 5.74) is 3.53. The molecule has 1 saturated heterocycles. The number of carbonyl (C=O) groups is 1. The second-order valence-corrected chi connectivity index (χ2v) is 6.98. The zero-order valence-corrected chi connectivity index (χ0v) is 15.4. The normalized spacial score (nSPS) is 19.0. The molecule has 1 aliphatic heterocycles. The van der Waals surface area contributed by atoms with Crippen molar-refractivity contribution in [3.63, 3.8) is 0 Å². The van der Waals surface area contributed by atoms with Crippen molar-refractivity contribution >= 4 is 12.0 Å². The molecule has 2 heterocycles. The Labute approximate surface area is 145 Å². The van der Waals surface area contributed by atoms with Gasteiger partial charge in [0, 0.05) is 31.0 Å². The molecule has 1 aromatic rings. The summed E-state index contributed by atoms with van der Waals surface area (Å²) in [6, 6.07) is 4.20. The van der Waals surface area contributed by atoms with Gasteiger partial charge in [0.15, 0.2) is 0 Å². The van der Waals surface area contributed by atoms with Crippen molar-refractivity contribution < 1.29 is 4.79 Å². The molecule has 0 saturated carbocycles. The third kappa shape index (κ3) is 4.08. The molecule has 0 spiro atoms. The Morgan fingerprint density at radius 3 is 2.79 bits per heavy atom. The molecule has 0 N–H and O–H groups in total. The lowest BCUT2D eigenvalue weighted by Gasteiger charge is -2.19. The molecular weight excluding hydrogens is 298 g/mol. The molecule has 4 nitrogen and oxygen atoms in total. The van der Waals surface area contributed by atoms with Gasteiger partial charge in [0.1, 0.15) is 11.6 Å². The number of amides is 1. The molecule has 130 valence electrons. The number of carbonyl (C=O) groups excluding carboxylic acids is 1. The van der Waals surface area contributed by atoms with Gasteiger partial charge in [-0.3, -0.25) is 4.79 Å². The van der Waals surface area contributed by atoms with E-state index in [-0.39, 0.29) is 11.5 Å². The summed E-state index contributed by atoms with van der Waals surface area (Å²) in [5, 5.41) is 9.51. The smallest absolute Gasteiger partial charge is 0.264 e. The molecule has 0 radical (unpaired) electrons. The summed E-state index contributed by atoms with van der Waals surface area (Å²) in [5.74, 6) is 0.539. The minimum atomic E-state index is -0.119. The predicted molar refractivity (Wildman–Crippen MR) is 97.4 cm³/mol. The van der Waals surface area contributed by atoms with Crippen LogP contribution >= 0.6 is 0 Å². The number of nitrogens with zero attached hydrogens (tertiary/aromatic N) is 3. The average Bonchev–Trinajstić information content (AvgIpc) is 2.72. The van der Waals surface area contributed by atoms with Gasteiger partial charge in [0.25, 0.3) is 5.91 Å². The van der Waals surface area contributed by atoms with E-state index < -0.39 is 0 Å². The highest BCUT2D eigenvalue weighted by Crippen LogP contribution is 2.21. The van der Waals surface area contributed by atoms with E-state index in [4.69, 9.17) is 0 Å². The van der Waals surface area contributed by atoms with Crippen LogP contribution in [0.4, 0.5) is 0 Å². The number of aryl methyl sites for hydroxylation is 1. The van der Waals surface area contributed by atoms with E-state index in [0.717, 1.165) is 56.6 Å². The third-order valence-electron chi connectivity index (χ3n) is 5.01. The Bertz CT molecular complexity index is 663. The predicted octanol–water partition coefficient (Wildman–Crippen LogP) is 4.07. The number of hydrogen-bond acceptors (Lipinski definition) is 2. The summed E-state index contributed by atoms with van der Waals surface area (Å²) in [4.78, 5) is 14.6. The van der Waals surface area contributed by atoms with Crippen LogP contribution in [0.3, 0.4) is 0 Å². The number of nitriles is 1. The van der Waals surface area contributed by atoms with Crippen LogP contribution in [0.1, 0.15) is 56.5 Å². The minimum Gasteiger partial charge on any atom is -0.349 e. The Balaban J connectivity index is 2.24. The SMILES string of the molecule is CCCn1c(C)cc(/C=C(/C#N)C(=O)N2CCC[C@@H](C)CC2)c1C. The fraction of sp³-hybridized carbons (Fsp3) is 0.600. The first-order chi connectivity index (χ1) is 11.5. The Morgan fingerprint density at radius 2 is 2.12 bits per heavy atom. The van der Waals surface area contributed by atoms with Crippen molar-refractivity contribution in [1.82, 2.24) is 9.47 Å². The summed E-state index contributed by atoms with van der Waals surface area (Å²) >= 11 is 0. The highest BCUT2D eigenvalue weighted by Gasteiger charge is 2.22. The molecule has 1 aromatic heterocycles. The van der Waals surface area contributed by atoms with Gasteiger partial charge in [0.2, 0.25) is 0 Å². The Morgan fingerprint density at radius 1 is 1.38 bits per heavy atom. The van der Waals surface area contributed by atoms with Crippen molar-refractivity contribution in [2.75, 3.05) is 13.1 Å². The fourth-order valence-corrected chi connectivity index (χ4v) is 3.48. The Hall–Kier alpha value is -2.02. The summed E-state index contributed by atoms with van der Waals surface area (Å²) in [6.07, 6.45) is 6.04. The van der Waals surface area contributed by atoms with Gasteiger partial charge in [-0.25, -0.2) is 0 Å². The van der Waals surface area contributed by atoms with Crippen LogP contribution in [-0.4, -0.2) is 28.5 Å². The number of aromatic nitrogens is 1. The van der Waals surface area contributed by atoms with E-state index in [1.807, 2.05) is 4.90 Å². The lowest BCUT2D eigenvalue weighted by atomic mass is 10.0. The van der Waals surface area contributed by atoms with Crippen LogP contribution in [0.5, 0.6) is 0 Å². The van der Waals surface area contributed by atoms with Crippen molar-refractivity contribution in [2.45, 2.75) is 59.9 Å². The van der Waals surface area contributed by atoms with Crippen LogP contribution in [-0.2, 0) is 11.3 Å². The van der Waals surface area contributed by atoms with Gasteiger partial charge >= 0.3 is 0 Å². The molecule has 24 heavy (non-hydrogen) atoms. The maximum atomic E-state index is 12.8. The topological polar surface area (TPSA) is 49.0 Å². The van der Waals surface area contributed by atoms with Crippen LogP contribution in [0.2, 0.25) is 0 Å². The van der Waals surface area contributed by atoms with Gasteiger partial charge in [-0.1, -0.05) is 13.8 Å². The van der Waals surface area contributed by atoms with Gasteiger partial charge in [-0.15, -0.1) is 0 Å². The standard InChI is InChI=1S/C20H29N3O/c1-5-9-23-16(3)12-18(17(23)4)13-19(14-21)20(24)22-10-6-7-15(2)8-11-22/h12-13,15H,5-11H2,1-4H3/b19-13-/t15-/m1/s1. The highest BCUT2D eigenvalue weighted by molar-refractivity contribution is 6.01. The Kier molecular flexibility index (Phi) is 6.25. The van der Waals surface area contributed by atoms with E-state index >= 15 is 0 Å². The third-order valence-corrected chi connectivity index (χ3v) is 5.01. The molecule has 0 aromatic carbocycles. The molecule has 2 rings (SSSR count). The summed E-state index contributed by atoms with van der Waals surface area (Å²) in [7, 11) is 0. The van der Waals surface area contributed by atoms with Crippen LogP contribution in [0.15, 0.2) is 11.6 Å². The largest absolute Gasteiger partial charge is 0.349 e. The molecular formula is C20H29N3O. The number of hydrogen-bond donors (Lipinski definition) is 0. The van der Waals surface area contributed by atoms with Crippen LogP contribution in [0, 0.1) is 31.1 Å². The minimum absolute atomic E-state index is 0.119. The summed E-state index contributed by atoms with van der Waals surface area (Å²) < 4.78 is 2.25. The first kappa shape index (κ1) is 18.3. The molecule has 1 aliphatic rings. The quantitative estimate of drug-likeness (QED) is 0.618. The maximum Gasteiger partial charge on any atom is 0.264 e. The highest BCUT2D eigenvalue weighted by atomic mass is 16.2. The lowest BCUT2D eigenvalue weighted by Crippen LogP contribution is -2.32. The van der Waals surface area contributed by atoms with Gasteiger partial charge in [-0.2, -0.15) is 5.26 Å². The lowest BCUT2D eigenvalue weighted by molar-refractivity contribution is -0.126. The van der Waals surface area contributed by atoms with Crippen LogP contribution in [0.25, 0.3) is 6.08 Å². The van der Waals surface area contributed by atoms with Crippen LogP contribution < -0.4 is 0 Å². The van der Waals surface area contributed by atoms with E-state index in [1.165, 1.54) is 5.69 Å². The van der Waals surface area contributed by atoms with E-state index in [9.17, 15) is 10.1 Å². The van der Waals surface area contributed by atoms with Crippen molar-refractivity contribution in [3.05, 3.63) is 28.6 Å². The second-order valence-electron chi connectivity index (χ2n) is 6.98. The van der Waals surface area contributed by atoms with Gasteiger partial charge < -0.3 is 9.47 Å². The average molecular weight is 327 g/mol. The zero-order valence-electron chi connectivity index (χ0n) is 15.4. The summed E-state index contributed by atoms with van der Waals surface area (Å²) in [6.45, 7) is 11.0. The molecule has 1 atom stereocenters. The number of likely N-dealkylation sites (tertiary alicyclic amines) is 1. The molecule has 0 bridgehead atoms. The van der Waals surface area contributed by atoms with E-state index in [2.05, 4.69) is 44.4 Å². The molecule has 0 unspecified atom stereocenters. The van der Waals surface area contributed by atoms with E-state index in [1.54, 1.807) is 6.08 Å². The zero-order chi connectivity index (χ0) is 17.7. The van der Waals surface area contributed by atoms with E-state index in [0.29, 0.717) is 5.92 Å². The molecule has 0 aliphatic carbocycles. The first-order valence-electron chi connectivity index (χ1n) is 9.05.